The van der Waals surface area contributed by atoms with Crippen molar-refractivity contribution in [3.8, 4) is 10.8 Å². The molecule has 0 amide bonds. The molecule has 0 spiro atoms. The minimum absolute atomic E-state index is 0.515. The van der Waals surface area contributed by atoms with E-state index in [1.165, 1.54) is 0 Å². The summed E-state index contributed by atoms with van der Waals surface area (Å²) in [5, 5.41) is 11.2. The highest BCUT2D eigenvalue weighted by Crippen LogP contribution is 2.28. The van der Waals surface area contributed by atoms with Crippen LogP contribution in [0.4, 0.5) is 0 Å². The molecular weight excluding hydrogens is 228 g/mol. The lowest BCUT2D eigenvalue weighted by Crippen LogP contribution is -1.91. The molecule has 2 rings (SSSR count). The van der Waals surface area contributed by atoms with Crippen molar-refractivity contribution < 1.29 is 4.42 Å². The highest BCUT2D eigenvalue weighted by atomic mass is 32.2. The van der Waals surface area contributed by atoms with E-state index in [4.69, 9.17) is 4.42 Å². The van der Waals surface area contributed by atoms with E-state index in [1.54, 1.807) is 23.1 Å². The summed E-state index contributed by atoms with van der Waals surface area (Å²) in [5.74, 6) is 0.621. The highest BCUT2D eigenvalue weighted by Gasteiger charge is 2.11. The summed E-state index contributed by atoms with van der Waals surface area (Å²) in [6.45, 7) is 4.30. The molecule has 0 aromatic carbocycles. The van der Waals surface area contributed by atoms with Gasteiger partial charge in [-0.05, 0) is 17.9 Å². The number of hydrogen-bond acceptors (Lipinski definition) is 5. The number of thioether (sulfide) groups is 1. The highest BCUT2D eigenvalue weighted by molar-refractivity contribution is 7.99. The van der Waals surface area contributed by atoms with Crippen LogP contribution in [-0.2, 0) is 0 Å². The predicted molar refractivity (Wildman–Crippen MR) is 63.2 cm³/mol. The van der Waals surface area contributed by atoms with E-state index in [2.05, 4.69) is 24.0 Å². The van der Waals surface area contributed by atoms with E-state index in [0.29, 0.717) is 16.4 Å². The molecule has 15 heavy (non-hydrogen) atoms. The van der Waals surface area contributed by atoms with Crippen LogP contribution in [0.3, 0.4) is 0 Å². The molecule has 0 aliphatic carbocycles. The van der Waals surface area contributed by atoms with Gasteiger partial charge in [0, 0.05) is 5.25 Å². The van der Waals surface area contributed by atoms with Gasteiger partial charge >= 0.3 is 0 Å². The van der Waals surface area contributed by atoms with Crippen LogP contribution in [0.2, 0.25) is 0 Å². The molecule has 80 valence electrons. The molecule has 2 aromatic heterocycles. The van der Waals surface area contributed by atoms with Crippen LogP contribution in [0, 0.1) is 0 Å². The van der Waals surface area contributed by atoms with Crippen LogP contribution >= 0.6 is 23.1 Å². The van der Waals surface area contributed by atoms with Crippen LogP contribution in [-0.4, -0.2) is 15.4 Å². The molecule has 0 fully saturated rings. The van der Waals surface area contributed by atoms with Crippen molar-refractivity contribution >= 4 is 23.1 Å². The zero-order valence-corrected chi connectivity index (χ0v) is 10.3. The predicted octanol–water partition coefficient (Wildman–Crippen LogP) is 3.69. The van der Waals surface area contributed by atoms with Crippen LogP contribution in [0.25, 0.3) is 10.8 Å². The second kappa shape index (κ2) is 4.81. The third kappa shape index (κ3) is 2.60. The van der Waals surface area contributed by atoms with Crippen LogP contribution in [0.1, 0.15) is 20.3 Å². The molecule has 0 saturated heterocycles. The third-order valence-electron chi connectivity index (χ3n) is 2.02. The number of aromatic nitrogens is 2. The van der Waals surface area contributed by atoms with E-state index >= 15 is 0 Å². The van der Waals surface area contributed by atoms with Crippen molar-refractivity contribution in [3.05, 3.63) is 17.5 Å². The van der Waals surface area contributed by atoms with Gasteiger partial charge in [0.1, 0.15) is 0 Å². The quantitative estimate of drug-likeness (QED) is 0.764. The van der Waals surface area contributed by atoms with E-state index in [-0.39, 0.29) is 0 Å². The Kier molecular flexibility index (Phi) is 3.43. The van der Waals surface area contributed by atoms with Gasteiger partial charge < -0.3 is 4.42 Å². The van der Waals surface area contributed by atoms with Gasteiger partial charge in [0.2, 0.25) is 0 Å². The Morgan fingerprint density at radius 1 is 1.53 bits per heavy atom. The van der Waals surface area contributed by atoms with Crippen molar-refractivity contribution in [1.29, 1.82) is 0 Å². The summed E-state index contributed by atoms with van der Waals surface area (Å²) in [7, 11) is 0. The number of hydrogen-bond donors (Lipinski definition) is 0. The summed E-state index contributed by atoms with van der Waals surface area (Å²) < 4.78 is 5.55. The Labute approximate surface area is 96.9 Å². The maximum atomic E-state index is 5.55. The molecule has 0 aliphatic heterocycles. The zero-order valence-electron chi connectivity index (χ0n) is 8.64. The molecule has 0 unspecified atom stereocenters. The molecule has 0 aliphatic rings. The van der Waals surface area contributed by atoms with Gasteiger partial charge in [-0.1, -0.05) is 31.7 Å². The molecule has 3 nitrogen and oxygen atoms in total. The third-order valence-corrected chi connectivity index (χ3v) is 3.98. The normalized spacial score (nSPS) is 12.9. The molecule has 2 heterocycles. The van der Waals surface area contributed by atoms with Gasteiger partial charge in [-0.25, -0.2) is 0 Å². The van der Waals surface area contributed by atoms with Gasteiger partial charge in [0.15, 0.2) is 0 Å². The average molecular weight is 240 g/mol. The molecule has 1 atom stereocenters. The fourth-order valence-electron chi connectivity index (χ4n) is 1.01. The van der Waals surface area contributed by atoms with Gasteiger partial charge in [0.05, 0.1) is 4.88 Å². The van der Waals surface area contributed by atoms with Crippen LogP contribution in [0.5, 0.6) is 0 Å². The Morgan fingerprint density at radius 3 is 3.07 bits per heavy atom. The van der Waals surface area contributed by atoms with Gasteiger partial charge in [-0.15, -0.1) is 21.5 Å². The van der Waals surface area contributed by atoms with Crippen molar-refractivity contribution in [2.75, 3.05) is 0 Å². The van der Waals surface area contributed by atoms with Crippen molar-refractivity contribution in [3.63, 3.8) is 0 Å². The minimum atomic E-state index is 0.515. The largest absolute Gasteiger partial charge is 0.410 e. The monoisotopic (exact) mass is 240 g/mol. The van der Waals surface area contributed by atoms with Crippen molar-refractivity contribution in [2.24, 2.45) is 0 Å². The SMILES string of the molecule is CC[C@H](C)Sc1nnc(-c2cccs2)o1. The Bertz CT molecular complexity index is 411. The number of rotatable bonds is 4. The number of thiophene rings is 1. The second-order valence-corrected chi connectivity index (χ2v) is 5.52. The first kappa shape index (κ1) is 10.7. The van der Waals surface area contributed by atoms with Crippen LogP contribution in [0.15, 0.2) is 27.2 Å². The summed E-state index contributed by atoms with van der Waals surface area (Å²) in [4.78, 5) is 1.03. The topological polar surface area (TPSA) is 38.9 Å². The first-order chi connectivity index (χ1) is 7.29. The molecule has 0 saturated carbocycles. The molecule has 0 bridgehead atoms. The fraction of sp³-hybridized carbons (Fsp3) is 0.400. The lowest BCUT2D eigenvalue weighted by atomic mass is 10.4. The average Bonchev–Trinajstić information content (AvgIpc) is 2.85. The maximum absolute atomic E-state index is 5.55. The van der Waals surface area contributed by atoms with Crippen molar-refractivity contribution in [1.82, 2.24) is 10.2 Å². The summed E-state index contributed by atoms with van der Waals surface area (Å²) in [6, 6.07) is 3.96. The fourth-order valence-corrected chi connectivity index (χ4v) is 2.38. The first-order valence-corrected chi connectivity index (χ1v) is 6.59. The molecule has 2 aromatic rings. The molecular formula is C10H12N2OS2. The van der Waals surface area contributed by atoms with Crippen LogP contribution < -0.4 is 0 Å². The lowest BCUT2D eigenvalue weighted by molar-refractivity contribution is 0.465. The van der Waals surface area contributed by atoms with Crippen molar-refractivity contribution in [2.45, 2.75) is 30.7 Å². The second-order valence-electron chi connectivity index (χ2n) is 3.19. The van der Waals surface area contributed by atoms with E-state index in [1.807, 2.05) is 17.5 Å². The summed E-state index contributed by atoms with van der Waals surface area (Å²) in [6.07, 6.45) is 1.10. The summed E-state index contributed by atoms with van der Waals surface area (Å²) in [5.41, 5.74) is 0. The number of nitrogens with zero attached hydrogens (tertiary/aromatic N) is 2. The lowest BCUT2D eigenvalue weighted by Gasteiger charge is -2.01. The summed E-state index contributed by atoms with van der Waals surface area (Å²) >= 11 is 3.23. The van der Waals surface area contributed by atoms with E-state index < -0.39 is 0 Å². The molecule has 5 heteroatoms. The standard InChI is InChI=1S/C10H12N2OS2/c1-3-7(2)15-10-12-11-9(13-10)8-5-4-6-14-8/h4-7H,3H2,1-2H3/t7-/m0/s1. The Morgan fingerprint density at radius 2 is 2.40 bits per heavy atom. The van der Waals surface area contributed by atoms with Gasteiger partial charge in [-0.2, -0.15) is 0 Å². The Hall–Kier alpha value is -0.810. The van der Waals surface area contributed by atoms with Gasteiger partial charge in [0.25, 0.3) is 11.1 Å². The van der Waals surface area contributed by atoms with E-state index in [9.17, 15) is 0 Å². The van der Waals surface area contributed by atoms with E-state index in [0.717, 1.165) is 11.3 Å². The molecule has 0 N–H and O–H groups in total. The smallest absolute Gasteiger partial charge is 0.277 e. The Balaban J connectivity index is 2.11. The first-order valence-electron chi connectivity index (χ1n) is 4.83. The molecule has 0 radical (unpaired) electrons. The minimum Gasteiger partial charge on any atom is -0.410 e. The van der Waals surface area contributed by atoms with Gasteiger partial charge in [-0.3, -0.25) is 0 Å². The maximum Gasteiger partial charge on any atom is 0.277 e. The zero-order chi connectivity index (χ0) is 10.7.